The molecule has 168 valence electrons. The highest BCUT2D eigenvalue weighted by Crippen LogP contribution is 2.34. The van der Waals surface area contributed by atoms with Gasteiger partial charge in [0.1, 0.15) is 17.3 Å². The number of amides is 1. The first-order chi connectivity index (χ1) is 16.2. The van der Waals surface area contributed by atoms with Crippen LogP contribution in [0.25, 0.3) is 11.3 Å². The van der Waals surface area contributed by atoms with Gasteiger partial charge in [-0.05, 0) is 37.1 Å². The Morgan fingerprint density at radius 3 is 2.45 bits per heavy atom. The molecule has 2 aromatic carbocycles. The number of aromatic nitrogens is 1. The Morgan fingerprint density at radius 2 is 1.73 bits per heavy atom. The predicted octanol–water partition coefficient (Wildman–Crippen LogP) is 5.52. The predicted molar refractivity (Wildman–Crippen MR) is 122 cm³/mol. The minimum Gasteiger partial charge on any atom is -0.467 e. The van der Waals surface area contributed by atoms with Gasteiger partial charge in [-0.15, -0.1) is 0 Å². The maximum Gasteiger partial charge on any atom is 0.257 e. The molecule has 0 spiro atoms. The first-order valence-electron chi connectivity index (χ1n) is 11.1. The van der Waals surface area contributed by atoms with Gasteiger partial charge < -0.3 is 18.7 Å². The zero-order chi connectivity index (χ0) is 22.6. The molecular formula is C26H24FN3O3. The molecule has 0 unspecified atom stereocenters. The molecule has 4 aromatic rings. The van der Waals surface area contributed by atoms with Crippen molar-refractivity contribution in [3.05, 3.63) is 95.7 Å². The highest BCUT2D eigenvalue weighted by Gasteiger charge is 2.29. The van der Waals surface area contributed by atoms with Gasteiger partial charge in [0.05, 0.1) is 30.5 Å². The Labute approximate surface area is 191 Å². The van der Waals surface area contributed by atoms with E-state index in [0.717, 1.165) is 37.1 Å². The molecule has 7 heteroatoms. The summed E-state index contributed by atoms with van der Waals surface area (Å²) in [5.41, 5.74) is 2.41. The van der Waals surface area contributed by atoms with E-state index < -0.39 is 11.7 Å². The quantitative estimate of drug-likeness (QED) is 0.375. The Morgan fingerprint density at radius 1 is 0.970 bits per heavy atom. The third-order valence-corrected chi connectivity index (χ3v) is 5.88. The molecule has 0 aliphatic carbocycles. The molecule has 0 atom stereocenters. The van der Waals surface area contributed by atoms with Crippen LogP contribution in [0.5, 0.6) is 0 Å². The molecule has 0 radical (unpaired) electrons. The molecule has 1 fully saturated rings. The summed E-state index contributed by atoms with van der Waals surface area (Å²) in [6, 6.07) is 19.3. The molecule has 1 aliphatic heterocycles. The smallest absolute Gasteiger partial charge is 0.257 e. The van der Waals surface area contributed by atoms with E-state index in [-0.39, 0.29) is 18.7 Å². The van der Waals surface area contributed by atoms with Crippen molar-refractivity contribution in [2.45, 2.75) is 25.9 Å². The Bertz CT molecular complexity index is 1210. The van der Waals surface area contributed by atoms with Crippen molar-refractivity contribution >= 4 is 11.8 Å². The molecule has 0 saturated carbocycles. The number of rotatable bonds is 7. The third-order valence-electron chi connectivity index (χ3n) is 5.88. The summed E-state index contributed by atoms with van der Waals surface area (Å²) in [7, 11) is 0. The van der Waals surface area contributed by atoms with Gasteiger partial charge >= 0.3 is 0 Å². The number of carbonyl (C=O) groups excluding carboxylic acids is 1. The van der Waals surface area contributed by atoms with Crippen LogP contribution in [0, 0.1) is 5.82 Å². The van der Waals surface area contributed by atoms with Gasteiger partial charge in [0.25, 0.3) is 5.91 Å². The fourth-order valence-electron chi connectivity index (χ4n) is 4.22. The summed E-state index contributed by atoms with van der Waals surface area (Å²) in [5.74, 6) is 0.301. The van der Waals surface area contributed by atoms with Gasteiger partial charge in [-0.2, -0.15) is 0 Å². The van der Waals surface area contributed by atoms with E-state index in [1.807, 2.05) is 30.3 Å². The Kier molecular flexibility index (Phi) is 5.93. The van der Waals surface area contributed by atoms with Crippen molar-refractivity contribution in [2.75, 3.05) is 18.0 Å². The zero-order valence-corrected chi connectivity index (χ0v) is 18.1. The van der Waals surface area contributed by atoms with E-state index in [4.69, 9.17) is 8.94 Å². The van der Waals surface area contributed by atoms with Gasteiger partial charge in [0.2, 0.25) is 5.88 Å². The van der Waals surface area contributed by atoms with Gasteiger partial charge in [0, 0.05) is 18.7 Å². The van der Waals surface area contributed by atoms with E-state index in [9.17, 15) is 9.18 Å². The fourth-order valence-corrected chi connectivity index (χ4v) is 4.22. The summed E-state index contributed by atoms with van der Waals surface area (Å²) >= 11 is 0. The van der Waals surface area contributed by atoms with Crippen molar-refractivity contribution in [1.82, 2.24) is 10.1 Å². The normalized spacial score (nSPS) is 13.4. The monoisotopic (exact) mass is 445 g/mol. The molecule has 33 heavy (non-hydrogen) atoms. The first kappa shape index (κ1) is 21.0. The SMILES string of the molecule is O=C(c1ccccc1F)N(Cc1ccco1)Cc1c(-c2ccccc2)noc1N1CCCC1. The Balaban J connectivity index is 1.56. The van der Waals surface area contributed by atoms with Crippen LogP contribution in [0.4, 0.5) is 10.3 Å². The van der Waals surface area contributed by atoms with Crippen molar-refractivity contribution < 1.29 is 18.1 Å². The molecule has 3 heterocycles. The van der Waals surface area contributed by atoms with E-state index >= 15 is 0 Å². The van der Waals surface area contributed by atoms with Gasteiger partial charge in [-0.1, -0.05) is 47.6 Å². The van der Waals surface area contributed by atoms with Crippen LogP contribution in [0.15, 0.2) is 81.9 Å². The van der Waals surface area contributed by atoms with E-state index in [0.29, 0.717) is 17.3 Å². The molecule has 1 amide bonds. The van der Waals surface area contributed by atoms with Crippen LogP contribution in [-0.4, -0.2) is 29.1 Å². The molecular weight excluding hydrogens is 421 g/mol. The second-order valence-corrected chi connectivity index (χ2v) is 8.10. The Hall–Kier alpha value is -3.87. The summed E-state index contributed by atoms with van der Waals surface area (Å²) in [6.07, 6.45) is 3.71. The molecule has 0 N–H and O–H groups in total. The summed E-state index contributed by atoms with van der Waals surface area (Å²) in [5, 5.41) is 4.38. The second kappa shape index (κ2) is 9.32. The van der Waals surface area contributed by atoms with Gasteiger partial charge in [-0.3, -0.25) is 4.79 Å². The minimum absolute atomic E-state index is 0.0180. The number of furan rings is 1. The molecule has 1 saturated heterocycles. The lowest BCUT2D eigenvalue weighted by atomic mass is 10.1. The standard InChI is InChI=1S/C26H24FN3O3/c27-23-13-5-4-12-21(23)25(31)30(17-20-11-8-16-32-20)18-22-24(19-9-2-1-3-10-19)28-33-26(22)29-14-6-7-15-29/h1-5,8-13,16H,6-7,14-15,17-18H2. The highest BCUT2D eigenvalue weighted by molar-refractivity contribution is 5.94. The topological polar surface area (TPSA) is 62.7 Å². The molecule has 6 nitrogen and oxygen atoms in total. The number of benzene rings is 2. The number of hydrogen-bond acceptors (Lipinski definition) is 5. The molecule has 5 rings (SSSR count). The lowest BCUT2D eigenvalue weighted by molar-refractivity contribution is 0.0713. The lowest BCUT2D eigenvalue weighted by Gasteiger charge is -2.24. The number of halogens is 1. The first-order valence-corrected chi connectivity index (χ1v) is 11.1. The van der Waals surface area contributed by atoms with Crippen LogP contribution < -0.4 is 4.90 Å². The highest BCUT2D eigenvalue weighted by atomic mass is 19.1. The van der Waals surface area contributed by atoms with Crippen LogP contribution in [-0.2, 0) is 13.1 Å². The summed E-state index contributed by atoms with van der Waals surface area (Å²) in [4.78, 5) is 17.2. The molecule has 0 bridgehead atoms. The lowest BCUT2D eigenvalue weighted by Crippen LogP contribution is -2.31. The molecule has 2 aromatic heterocycles. The van der Waals surface area contributed by atoms with Crippen molar-refractivity contribution in [1.29, 1.82) is 0 Å². The van der Waals surface area contributed by atoms with Crippen molar-refractivity contribution in [3.8, 4) is 11.3 Å². The summed E-state index contributed by atoms with van der Waals surface area (Å²) in [6.45, 7) is 2.14. The molecule has 1 aliphatic rings. The number of carbonyl (C=O) groups is 1. The van der Waals surface area contributed by atoms with Gasteiger partial charge in [-0.25, -0.2) is 4.39 Å². The van der Waals surface area contributed by atoms with Crippen LogP contribution in [0.3, 0.4) is 0 Å². The average Bonchev–Trinajstić information content (AvgIpc) is 3.61. The maximum absolute atomic E-state index is 14.5. The average molecular weight is 445 g/mol. The van der Waals surface area contributed by atoms with E-state index in [1.165, 1.54) is 12.1 Å². The fraction of sp³-hybridized carbons (Fsp3) is 0.231. The number of anilines is 1. The van der Waals surface area contributed by atoms with Crippen LogP contribution in [0.2, 0.25) is 0 Å². The van der Waals surface area contributed by atoms with E-state index in [1.54, 1.807) is 35.4 Å². The van der Waals surface area contributed by atoms with Crippen LogP contribution in [0.1, 0.15) is 34.5 Å². The van der Waals surface area contributed by atoms with Crippen molar-refractivity contribution in [3.63, 3.8) is 0 Å². The van der Waals surface area contributed by atoms with E-state index in [2.05, 4.69) is 10.1 Å². The minimum atomic E-state index is -0.555. The largest absolute Gasteiger partial charge is 0.467 e. The second-order valence-electron chi connectivity index (χ2n) is 8.10. The van der Waals surface area contributed by atoms with Gasteiger partial charge in [0.15, 0.2) is 0 Å². The zero-order valence-electron chi connectivity index (χ0n) is 18.1. The summed E-state index contributed by atoms with van der Waals surface area (Å²) < 4.78 is 25.8. The third kappa shape index (κ3) is 4.39. The van der Waals surface area contributed by atoms with Crippen LogP contribution >= 0.6 is 0 Å². The maximum atomic E-state index is 14.5. The number of hydrogen-bond donors (Lipinski definition) is 0. The van der Waals surface area contributed by atoms with Crippen molar-refractivity contribution in [2.24, 2.45) is 0 Å². The number of nitrogens with zero attached hydrogens (tertiary/aromatic N) is 3.